The van der Waals surface area contributed by atoms with Crippen molar-refractivity contribution in [2.45, 2.75) is 18.4 Å². The van der Waals surface area contributed by atoms with Gasteiger partial charge in [-0.05, 0) is 6.07 Å². The second-order valence-corrected chi connectivity index (χ2v) is 2.79. The number of hydrogen-bond donors (Lipinski definition) is 0. The Kier molecular flexibility index (Phi) is 1.26. The van der Waals surface area contributed by atoms with E-state index in [0.717, 1.165) is 0 Å². The zero-order chi connectivity index (χ0) is 8.77. The Morgan fingerprint density at radius 1 is 1.75 bits per heavy atom. The lowest BCUT2D eigenvalue weighted by molar-refractivity contribution is 0.0981. The van der Waals surface area contributed by atoms with E-state index in [9.17, 15) is 8.78 Å². The van der Waals surface area contributed by atoms with Gasteiger partial charge >= 0.3 is 0 Å². The van der Waals surface area contributed by atoms with Crippen molar-refractivity contribution in [2.75, 3.05) is 0 Å². The fourth-order valence-corrected chi connectivity index (χ4v) is 1.14. The van der Waals surface area contributed by atoms with E-state index in [1.807, 2.05) is 0 Å². The molecule has 12 heavy (non-hydrogen) atoms. The van der Waals surface area contributed by atoms with E-state index >= 15 is 0 Å². The normalized spacial score (nSPS) is 24.9. The summed E-state index contributed by atoms with van der Waals surface area (Å²) in [7, 11) is 0. The van der Waals surface area contributed by atoms with Crippen molar-refractivity contribution >= 4 is 0 Å². The molecular weight excluding hydrogens is 162 g/mol. The molecular formula is C8H6F2N2. The monoisotopic (exact) mass is 168 g/mol. The molecule has 1 heterocycles. The van der Waals surface area contributed by atoms with Gasteiger partial charge in [-0.15, -0.1) is 6.42 Å². The van der Waals surface area contributed by atoms with E-state index in [0.29, 0.717) is 5.69 Å². The maximum atomic E-state index is 12.5. The maximum absolute atomic E-state index is 12.5. The second kappa shape index (κ2) is 2.07. The van der Waals surface area contributed by atoms with Crippen LogP contribution in [0.3, 0.4) is 0 Å². The van der Waals surface area contributed by atoms with Gasteiger partial charge in [0.1, 0.15) is 11.7 Å². The second-order valence-electron chi connectivity index (χ2n) is 2.79. The van der Waals surface area contributed by atoms with Crippen LogP contribution in [0.25, 0.3) is 0 Å². The minimum absolute atomic E-state index is 0.149. The molecule has 0 radical (unpaired) electrons. The smallest absolute Gasteiger partial charge is 0.248 e. The van der Waals surface area contributed by atoms with Gasteiger partial charge in [0.15, 0.2) is 0 Å². The summed E-state index contributed by atoms with van der Waals surface area (Å²) >= 11 is 0. The molecule has 1 saturated carbocycles. The fraction of sp³-hybridized carbons (Fsp3) is 0.375. The predicted molar refractivity (Wildman–Crippen MR) is 38.8 cm³/mol. The van der Waals surface area contributed by atoms with Crippen molar-refractivity contribution in [1.82, 2.24) is 9.78 Å². The Bertz CT molecular complexity index is 348. The number of hydrogen-bond acceptors (Lipinski definition) is 1. The van der Waals surface area contributed by atoms with Gasteiger partial charge in [-0.1, -0.05) is 5.92 Å². The quantitative estimate of drug-likeness (QED) is 0.580. The Morgan fingerprint density at radius 3 is 2.92 bits per heavy atom. The first-order valence-corrected chi connectivity index (χ1v) is 3.53. The van der Waals surface area contributed by atoms with Gasteiger partial charge < -0.3 is 0 Å². The van der Waals surface area contributed by atoms with E-state index in [4.69, 9.17) is 6.42 Å². The molecule has 62 valence electrons. The average Bonchev–Trinajstić information content (AvgIpc) is 2.51. The highest BCUT2D eigenvalue weighted by Gasteiger charge is 2.59. The molecule has 1 atom stereocenters. The molecule has 4 heteroatoms. The minimum Gasteiger partial charge on any atom is -0.248 e. The van der Waals surface area contributed by atoms with Gasteiger partial charge in [0.05, 0.1) is 6.20 Å². The third-order valence-electron chi connectivity index (χ3n) is 1.91. The number of aromatic nitrogens is 2. The summed E-state index contributed by atoms with van der Waals surface area (Å²) in [5.41, 5.74) is 0.414. The molecule has 0 bridgehead atoms. The van der Waals surface area contributed by atoms with Crippen molar-refractivity contribution in [3.05, 3.63) is 18.0 Å². The number of terminal acetylenes is 1. The van der Waals surface area contributed by atoms with Crippen molar-refractivity contribution in [1.29, 1.82) is 0 Å². The molecule has 1 fully saturated rings. The zero-order valence-corrected chi connectivity index (χ0v) is 6.17. The van der Waals surface area contributed by atoms with Crippen LogP contribution in [0.2, 0.25) is 0 Å². The molecule has 0 aromatic carbocycles. The van der Waals surface area contributed by atoms with Crippen LogP contribution in [0.15, 0.2) is 12.3 Å². The van der Waals surface area contributed by atoms with E-state index < -0.39 is 12.0 Å². The first-order chi connectivity index (χ1) is 5.65. The Balaban J connectivity index is 2.32. The predicted octanol–water partition coefficient (Wildman–Crippen LogP) is 1.44. The fourth-order valence-electron chi connectivity index (χ4n) is 1.14. The molecule has 2 rings (SSSR count). The summed E-state index contributed by atoms with van der Waals surface area (Å²) in [5, 5.41) is 3.74. The van der Waals surface area contributed by atoms with E-state index in [1.54, 1.807) is 6.07 Å². The van der Waals surface area contributed by atoms with Crippen LogP contribution in [0.4, 0.5) is 8.78 Å². The van der Waals surface area contributed by atoms with Crippen molar-refractivity contribution in [3.63, 3.8) is 0 Å². The highest BCUT2D eigenvalue weighted by Crippen LogP contribution is 2.52. The lowest BCUT2D eigenvalue weighted by atomic mass is 10.4. The zero-order valence-electron chi connectivity index (χ0n) is 6.17. The summed E-state index contributed by atoms with van der Waals surface area (Å²) in [4.78, 5) is 0. The molecule has 1 aromatic rings. The first-order valence-electron chi connectivity index (χ1n) is 3.53. The van der Waals surface area contributed by atoms with Gasteiger partial charge in [-0.3, -0.25) is 0 Å². The molecule has 1 aromatic heterocycles. The van der Waals surface area contributed by atoms with Crippen LogP contribution < -0.4 is 0 Å². The Hall–Kier alpha value is -1.37. The van der Waals surface area contributed by atoms with Crippen LogP contribution in [0.5, 0.6) is 0 Å². The number of nitrogens with zero attached hydrogens (tertiary/aromatic N) is 2. The number of halogens is 2. The Morgan fingerprint density at radius 2 is 2.42 bits per heavy atom. The van der Waals surface area contributed by atoms with Gasteiger partial charge in [0, 0.05) is 6.42 Å². The summed E-state index contributed by atoms with van der Waals surface area (Å²) < 4.78 is 26.3. The van der Waals surface area contributed by atoms with Crippen LogP contribution in [-0.4, -0.2) is 15.7 Å². The highest BCUT2D eigenvalue weighted by atomic mass is 19.3. The van der Waals surface area contributed by atoms with Gasteiger partial charge in [0.2, 0.25) is 0 Å². The summed E-state index contributed by atoms with van der Waals surface area (Å²) in [5.74, 6) is -0.312. The van der Waals surface area contributed by atoms with Crippen LogP contribution in [-0.2, 0) is 0 Å². The average molecular weight is 168 g/mol. The third kappa shape index (κ3) is 0.900. The van der Waals surface area contributed by atoms with Crippen molar-refractivity contribution in [2.24, 2.45) is 0 Å². The van der Waals surface area contributed by atoms with Crippen molar-refractivity contribution in [3.8, 4) is 12.3 Å². The third-order valence-corrected chi connectivity index (χ3v) is 1.91. The Labute approximate surface area is 68.2 Å². The van der Waals surface area contributed by atoms with Gasteiger partial charge in [0.25, 0.3) is 5.92 Å². The van der Waals surface area contributed by atoms with E-state index in [2.05, 4.69) is 11.0 Å². The maximum Gasteiger partial charge on any atom is 0.272 e. The van der Waals surface area contributed by atoms with Crippen molar-refractivity contribution < 1.29 is 8.78 Å². The summed E-state index contributed by atoms with van der Waals surface area (Å²) in [6.45, 7) is 0. The van der Waals surface area contributed by atoms with Gasteiger partial charge in [-0.25, -0.2) is 13.5 Å². The van der Waals surface area contributed by atoms with E-state index in [-0.39, 0.29) is 6.42 Å². The SMILES string of the molecule is C#Cc1ccnn1C1CC1(F)F. The summed E-state index contributed by atoms with van der Waals surface area (Å²) in [6, 6.07) is 0.729. The van der Waals surface area contributed by atoms with Gasteiger partial charge in [-0.2, -0.15) is 5.10 Å². The molecule has 1 aliphatic carbocycles. The first kappa shape index (κ1) is 7.29. The van der Waals surface area contributed by atoms with Crippen LogP contribution >= 0.6 is 0 Å². The lowest BCUT2D eigenvalue weighted by Gasteiger charge is -1.99. The highest BCUT2D eigenvalue weighted by molar-refractivity contribution is 5.25. The largest absolute Gasteiger partial charge is 0.272 e. The molecule has 0 saturated heterocycles. The molecule has 0 spiro atoms. The summed E-state index contributed by atoms with van der Waals surface area (Å²) in [6.07, 6.45) is 6.38. The molecule has 0 aliphatic heterocycles. The molecule has 0 amide bonds. The topological polar surface area (TPSA) is 17.8 Å². The standard InChI is InChI=1S/C8H6F2N2/c1-2-6-3-4-11-12(6)7-5-8(7,9)10/h1,3-4,7H,5H2. The molecule has 1 aliphatic rings. The number of alkyl halides is 2. The number of rotatable bonds is 1. The minimum atomic E-state index is -2.61. The van der Waals surface area contributed by atoms with Crippen LogP contribution in [0, 0.1) is 12.3 Å². The molecule has 0 N–H and O–H groups in total. The van der Waals surface area contributed by atoms with E-state index in [1.165, 1.54) is 10.9 Å². The lowest BCUT2D eigenvalue weighted by Crippen LogP contribution is -2.05. The molecule has 2 nitrogen and oxygen atoms in total. The molecule has 1 unspecified atom stereocenters. The van der Waals surface area contributed by atoms with Crippen LogP contribution in [0.1, 0.15) is 18.2 Å².